The van der Waals surface area contributed by atoms with Crippen molar-refractivity contribution in [3.05, 3.63) is 0 Å². The third-order valence-electron chi connectivity index (χ3n) is 4.89. The van der Waals surface area contributed by atoms with E-state index in [1.807, 2.05) is 0 Å². The average molecular weight is 234 g/mol. The monoisotopic (exact) mass is 234 g/mol. The SMILES string of the molecule is CC(C)(C)C1CCN(CC2(C#N)CCC2)CC1. The van der Waals surface area contributed by atoms with Gasteiger partial charge in [0.25, 0.3) is 0 Å². The molecule has 0 aromatic heterocycles. The molecule has 0 N–H and O–H groups in total. The lowest BCUT2D eigenvalue weighted by atomic mass is 9.69. The summed E-state index contributed by atoms with van der Waals surface area (Å²) in [6, 6.07) is 2.56. The molecule has 2 heteroatoms. The molecule has 2 aliphatic rings. The Labute approximate surface area is 106 Å². The molecule has 0 aromatic carbocycles. The number of nitrogens with zero attached hydrogens (tertiary/aromatic N) is 2. The first-order valence-electron chi connectivity index (χ1n) is 7.09. The molecule has 17 heavy (non-hydrogen) atoms. The lowest BCUT2D eigenvalue weighted by Gasteiger charge is -2.44. The van der Waals surface area contributed by atoms with Crippen molar-refractivity contribution in [2.45, 2.75) is 52.9 Å². The van der Waals surface area contributed by atoms with Crippen molar-refractivity contribution in [1.29, 1.82) is 5.26 Å². The molecule has 1 saturated carbocycles. The van der Waals surface area contributed by atoms with Crippen molar-refractivity contribution in [1.82, 2.24) is 4.90 Å². The molecular formula is C15H26N2. The Morgan fingerprint density at radius 3 is 2.18 bits per heavy atom. The van der Waals surface area contributed by atoms with Crippen LogP contribution in [0.2, 0.25) is 0 Å². The molecule has 1 aliphatic carbocycles. The van der Waals surface area contributed by atoms with Crippen molar-refractivity contribution < 1.29 is 0 Å². The minimum Gasteiger partial charge on any atom is -0.302 e. The Morgan fingerprint density at radius 2 is 1.82 bits per heavy atom. The minimum atomic E-state index is 0.0224. The minimum absolute atomic E-state index is 0.0224. The number of hydrogen-bond donors (Lipinski definition) is 0. The molecule has 2 nitrogen and oxygen atoms in total. The van der Waals surface area contributed by atoms with Gasteiger partial charge in [0, 0.05) is 6.54 Å². The van der Waals surface area contributed by atoms with E-state index in [1.54, 1.807) is 0 Å². The third-order valence-corrected chi connectivity index (χ3v) is 4.89. The topological polar surface area (TPSA) is 27.0 Å². The summed E-state index contributed by atoms with van der Waals surface area (Å²) in [5.74, 6) is 0.859. The van der Waals surface area contributed by atoms with Crippen LogP contribution in [0, 0.1) is 28.1 Å². The normalized spacial score (nSPS) is 26.2. The highest BCUT2D eigenvalue weighted by molar-refractivity contribution is 5.06. The predicted octanol–water partition coefficient (Wildman–Crippen LogP) is 3.44. The predicted molar refractivity (Wildman–Crippen MR) is 70.5 cm³/mol. The van der Waals surface area contributed by atoms with Gasteiger partial charge in [0.1, 0.15) is 0 Å². The van der Waals surface area contributed by atoms with Crippen LogP contribution in [-0.4, -0.2) is 24.5 Å². The number of nitriles is 1. The molecule has 1 saturated heterocycles. The molecule has 0 bridgehead atoms. The smallest absolute Gasteiger partial charge is 0.0703 e. The third kappa shape index (κ3) is 2.83. The maximum absolute atomic E-state index is 9.27. The number of piperidine rings is 1. The quantitative estimate of drug-likeness (QED) is 0.732. The molecule has 1 heterocycles. The highest BCUT2D eigenvalue weighted by Crippen LogP contribution is 2.42. The van der Waals surface area contributed by atoms with Crippen LogP contribution in [0.3, 0.4) is 0 Å². The summed E-state index contributed by atoms with van der Waals surface area (Å²) in [4.78, 5) is 2.53. The van der Waals surface area contributed by atoms with Gasteiger partial charge >= 0.3 is 0 Å². The fraction of sp³-hybridized carbons (Fsp3) is 0.933. The Kier molecular flexibility index (Phi) is 3.50. The molecule has 0 amide bonds. The fourth-order valence-electron chi connectivity index (χ4n) is 3.29. The van der Waals surface area contributed by atoms with Crippen LogP contribution in [0.25, 0.3) is 0 Å². The first-order valence-corrected chi connectivity index (χ1v) is 7.09. The van der Waals surface area contributed by atoms with Gasteiger partial charge < -0.3 is 4.90 Å². The van der Waals surface area contributed by atoms with E-state index >= 15 is 0 Å². The van der Waals surface area contributed by atoms with Crippen LogP contribution in [0.1, 0.15) is 52.9 Å². The highest BCUT2D eigenvalue weighted by atomic mass is 15.1. The van der Waals surface area contributed by atoms with Crippen LogP contribution < -0.4 is 0 Å². The van der Waals surface area contributed by atoms with E-state index < -0.39 is 0 Å². The summed E-state index contributed by atoms with van der Waals surface area (Å²) in [6.07, 6.45) is 6.13. The zero-order chi connectivity index (χ0) is 12.5. The largest absolute Gasteiger partial charge is 0.302 e. The summed E-state index contributed by atoms with van der Waals surface area (Å²) in [7, 11) is 0. The van der Waals surface area contributed by atoms with Crippen LogP contribution in [-0.2, 0) is 0 Å². The van der Waals surface area contributed by atoms with Gasteiger partial charge in [-0.3, -0.25) is 0 Å². The van der Waals surface area contributed by atoms with Crippen LogP contribution >= 0.6 is 0 Å². The first-order chi connectivity index (χ1) is 7.95. The Bertz CT molecular complexity index is 296. The molecule has 0 aromatic rings. The van der Waals surface area contributed by atoms with Crippen molar-refractivity contribution in [3.8, 4) is 6.07 Å². The maximum Gasteiger partial charge on any atom is 0.0703 e. The van der Waals surface area contributed by atoms with E-state index in [0.29, 0.717) is 5.41 Å². The number of rotatable bonds is 2. The summed E-state index contributed by atoms with van der Waals surface area (Å²) in [5.41, 5.74) is 0.476. The molecule has 0 radical (unpaired) electrons. The lowest BCUT2D eigenvalue weighted by molar-refractivity contribution is 0.0641. The molecule has 0 spiro atoms. The van der Waals surface area contributed by atoms with Crippen LogP contribution in [0.15, 0.2) is 0 Å². The van der Waals surface area contributed by atoms with Gasteiger partial charge in [0.05, 0.1) is 11.5 Å². The van der Waals surface area contributed by atoms with Gasteiger partial charge in [-0.25, -0.2) is 0 Å². The maximum atomic E-state index is 9.27. The van der Waals surface area contributed by atoms with Crippen molar-refractivity contribution in [2.75, 3.05) is 19.6 Å². The second kappa shape index (κ2) is 4.61. The Hall–Kier alpha value is -0.550. The fourth-order valence-corrected chi connectivity index (χ4v) is 3.29. The summed E-state index contributed by atoms with van der Waals surface area (Å²) < 4.78 is 0. The standard InChI is InChI=1S/C15H26N2/c1-14(2,3)13-5-9-17(10-6-13)12-15(11-16)7-4-8-15/h13H,4-10,12H2,1-3H3. The molecular weight excluding hydrogens is 208 g/mol. The average Bonchev–Trinajstić information content (AvgIpc) is 2.23. The Morgan fingerprint density at radius 1 is 1.24 bits per heavy atom. The lowest BCUT2D eigenvalue weighted by Crippen LogP contribution is -2.46. The molecule has 2 fully saturated rings. The van der Waals surface area contributed by atoms with Crippen molar-refractivity contribution >= 4 is 0 Å². The van der Waals surface area contributed by atoms with Gasteiger partial charge in [-0.1, -0.05) is 27.2 Å². The van der Waals surface area contributed by atoms with Gasteiger partial charge in [0.15, 0.2) is 0 Å². The van der Waals surface area contributed by atoms with Gasteiger partial charge in [-0.15, -0.1) is 0 Å². The number of hydrogen-bond acceptors (Lipinski definition) is 2. The van der Waals surface area contributed by atoms with E-state index in [2.05, 4.69) is 31.7 Å². The molecule has 0 atom stereocenters. The second-order valence-electron chi connectivity index (χ2n) is 7.16. The molecule has 1 aliphatic heterocycles. The van der Waals surface area contributed by atoms with E-state index in [0.717, 1.165) is 25.3 Å². The van der Waals surface area contributed by atoms with Gasteiger partial charge in [-0.05, 0) is 50.1 Å². The van der Waals surface area contributed by atoms with Crippen LogP contribution in [0.5, 0.6) is 0 Å². The summed E-state index contributed by atoms with van der Waals surface area (Å²) in [6.45, 7) is 10.5. The van der Waals surface area contributed by atoms with E-state index in [9.17, 15) is 5.26 Å². The van der Waals surface area contributed by atoms with Crippen molar-refractivity contribution in [2.24, 2.45) is 16.7 Å². The van der Waals surface area contributed by atoms with Gasteiger partial charge in [-0.2, -0.15) is 5.26 Å². The van der Waals surface area contributed by atoms with Crippen molar-refractivity contribution in [3.63, 3.8) is 0 Å². The van der Waals surface area contributed by atoms with E-state index in [1.165, 1.54) is 32.4 Å². The zero-order valence-electron chi connectivity index (χ0n) is 11.6. The van der Waals surface area contributed by atoms with E-state index in [4.69, 9.17) is 0 Å². The Balaban J connectivity index is 1.82. The first kappa shape index (κ1) is 12.9. The summed E-state index contributed by atoms with van der Waals surface area (Å²) >= 11 is 0. The molecule has 0 unspecified atom stereocenters. The molecule has 96 valence electrons. The van der Waals surface area contributed by atoms with Gasteiger partial charge in [0.2, 0.25) is 0 Å². The number of likely N-dealkylation sites (tertiary alicyclic amines) is 1. The molecule has 2 rings (SSSR count). The van der Waals surface area contributed by atoms with E-state index in [-0.39, 0.29) is 5.41 Å². The highest BCUT2D eigenvalue weighted by Gasteiger charge is 2.40. The zero-order valence-corrected chi connectivity index (χ0v) is 11.6. The van der Waals surface area contributed by atoms with Crippen LogP contribution in [0.4, 0.5) is 0 Å². The summed E-state index contributed by atoms with van der Waals surface area (Å²) in [5, 5.41) is 9.27. The second-order valence-corrected chi connectivity index (χ2v) is 7.16.